The molecule has 2 aliphatic heterocycles. The van der Waals surface area contributed by atoms with Gasteiger partial charge >= 0.3 is 0 Å². The van der Waals surface area contributed by atoms with Crippen molar-refractivity contribution in [3.05, 3.63) is 0 Å². The topological polar surface area (TPSA) is 60.0 Å². The molecule has 1 saturated carbocycles. The Kier molecular flexibility index (Phi) is 12.7. The van der Waals surface area contributed by atoms with Crippen LogP contribution in [0.3, 0.4) is 0 Å². The van der Waals surface area contributed by atoms with Crippen LogP contribution in [0.2, 0.25) is 0 Å². The molecule has 2 heterocycles. The second-order valence-electron chi connectivity index (χ2n) is 10.0. The minimum Gasteiger partial charge on any atom is -0.355 e. The van der Waals surface area contributed by atoms with E-state index in [0.29, 0.717) is 18.0 Å². The van der Waals surface area contributed by atoms with E-state index in [9.17, 15) is 4.79 Å². The fraction of sp³-hybridized carbons (Fsp3) is 0.920. The minimum absolute atomic E-state index is 0. The van der Waals surface area contributed by atoms with Gasteiger partial charge in [0.2, 0.25) is 5.91 Å². The first-order valence-corrected chi connectivity index (χ1v) is 13.1. The van der Waals surface area contributed by atoms with Gasteiger partial charge < -0.3 is 15.5 Å². The summed E-state index contributed by atoms with van der Waals surface area (Å²) in [6, 6.07) is 1.04. The maximum Gasteiger partial charge on any atom is 0.225 e. The Morgan fingerprint density at radius 1 is 0.969 bits per heavy atom. The molecule has 1 aliphatic carbocycles. The summed E-state index contributed by atoms with van der Waals surface area (Å²) >= 11 is 0. The predicted molar refractivity (Wildman–Crippen MR) is 145 cm³/mol. The normalized spacial score (nSPS) is 23.9. The van der Waals surface area contributed by atoms with Crippen molar-refractivity contribution in [3.63, 3.8) is 0 Å². The second-order valence-corrected chi connectivity index (χ2v) is 10.0. The van der Waals surface area contributed by atoms with E-state index in [4.69, 9.17) is 0 Å². The van der Waals surface area contributed by atoms with Gasteiger partial charge in [0.25, 0.3) is 0 Å². The van der Waals surface area contributed by atoms with E-state index >= 15 is 0 Å². The number of nitrogens with zero attached hydrogens (tertiary/aromatic N) is 3. The highest BCUT2D eigenvalue weighted by Gasteiger charge is 2.29. The van der Waals surface area contributed by atoms with Crippen LogP contribution in [0.25, 0.3) is 0 Å². The van der Waals surface area contributed by atoms with Crippen molar-refractivity contribution in [1.82, 2.24) is 20.4 Å². The molecule has 0 spiro atoms. The molecule has 32 heavy (non-hydrogen) atoms. The Labute approximate surface area is 213 Å². The number of likely N-dealkylation sites (tertiary alicyclic amines) is 2. The third-order valence-electron chi connectivity index (χ3n) is 7.93. The highest BCUT2D eigenvalue weighted by molar-refractivity contribution is 14.0. The molecule has 2 saturated heterocycles. The quantitative estimate of drug-likeness (QED) is 0.265. The number of halogens is 1. The maximum absolute atomic E-state index is 12.6. The molecule has 1 amide bonds. The maximum atomic E-state index is 12.6. The number of hydrogen-bond acceptors (Lipinski definition) is 3. The smallest absolute Gasteiger partial charge is 0.225 e. The van der Waals surface area contributed by atoms with Crippen molar-refractivity contribution in [2.75, 3.05) is 39.8 Å². The van der Waals surface area contributed by atoms with Crippen molar-refractivity contribution < 1.29 is 4.79 Å². The van der Waals surface area contributed by atoms with Crippen LogP contribution >= 0.6 is 24.0 Å². The average Bonchev–Trinajstić information content (AvgIpc) is 3.25. The highest BCUT2D eigenvalue weighted by Crippen LogP contribution is 2.27. The molecular weight excluding hydrogens is 513 g/mol. The molecule has 0 aromatic rings. The monoisotopic (exact) mass is 561 g/mol. The van der Waals surface area contributed by atoms with E-state index in [-0.39, 0.29) is 29.9 Å². The largest absolute Gasteiger partial charge is 0.355 e. The standard InChI is InChI=1S/C25H47N5O.HI/c1-4-21(5-2)24(31)29-16-13-22(14-17-29)28-25(26-3)27-18-23-12-9-15-30(23)19-20-10-7-6-8-11-20;/h20-23H,4-19H2,1-3H3,(H2,26,27,28);1H. The van der Waals surface area contributed by atoms with E-state index in [0.717, 1.165) is 57.2 Å². The van der Waals surface area contributed by atoms with Crippen LogP contribution in [0.15, 0.2) is 4.99 Å². The lowest BCUT2D eigenvalue weighted by molar-refractivity contribution is -0.136. The first-order valence-electron chi connectivity index (χ1n) is 13.1. The summed E-state index contributed by atoms with van der Waals surface area (Å²) in [5, 5.41) is 7.24. The molecule has 3 fully saturated rings. The Balaban J connectivity index is 0.00000363. The predicted octanol–water partition coefficient (Wildman–Crippen LogP) is 4.24. The van der Waals surface area contributed by atoms with Gasteiger partial charge in [-0.1, -0.05) is 33.1 Å². The number of hydrogen-bond donors (Lipinski definition) is 2. The first-order chi connectivity index (χ1) is 15.1. The zero-order valence-electron chi connectivity index (χ0n) is 20.8. The van der Waals surface area contributed by atoms with Gasteiger partial charge in [-0.15, -0.1) is 24.0 Å². The number of guanidine groups is 1. The van der Waals surface area contributed by atoms with Crippen LogP contribution in [0.4, 0.5) is 0 Å². The Morgan fingerprint density at radius 2 is 1.66 bits per heavy atom. The number of rotatable bonds is 8. The first kappa shape index (κ1) is 27.7. The number of amides is 1. The molecule has 1 atom stereocenters. The molecular formula is C25H48IN5O. The third kappa shape index (κ3) is 8.03. The van der Waals surface area contributed by atoms with Gasteiger partial charge in [-0.2, -0.15) is 0 Å². The van der Waals surface area contributed by atoms with Crippen molar-refractivity contribution in [2.24, 2.45) is 16.8 Å². The van der Waals surface area contributed by atoms with Crippen molar-refractivity contribution in [2.45, 2.75) is 96.6 Å². The minimum atomic E-state index is 0. The third-order valence-corrected chi connectivity index (χ3v) is 7.93. The Morgan fingerprint density at radius 3 is 2.28 bits per heavy atom. The molecule has 7 heteroatoms. The number of carbonyl (C=O) groups is 1. The van der Waals surface area contributed by atoms with Crippen LogP contribution in [-0.4, -0.2) is 73.5 Å². The van der Waals surface area contributed by atoms with E-state index in [1.54, 1.807) is 0 Å². The molecule has 0 aromatic heterocycles. The molecule has 3 aliphatic rings. The molecule has 3 rings (SSSR count). The van der Waals surface area contributed by atoms with E-state index in [1.165, 1.54) is 58.0 Å². The van der Waals surface area contributed by atoms with Gasteiger partial charge in [0, 0.05) is 51.2 Å². The van der Waals surface area contributed by atoms with E-state index in [1.807, 2.05) is 7.05 Å². The summed E-state index contributed by atoms with van der Waals surface area (Å²) in [5.74, 6) is 2.39. The van der Waals surface area contributed by atoms with Crippen LogP contribution < -0.4 is 10.6 Å². The molecule has 0 radical (unpaired) electrons. The fourth-order valence-corrected chi connectivity index (χ4v) is 5.81. The van der Waals surface area contributed by atoms with Gasteiger partial charge in [-0.05, 0) is 63.8 Å². The number of nitrogens with one attached hydrogen (secondary N) is 2. The fourth-order valence-electron chi connectivity index (χ4n) is 5.81. The SMILES string of the molecule is CCC(CC)C(=O)N1CCC(NC(=NC)NCC2CCCN2CC2CCCCC2)CC1.I. The molecule has 1 unspecified atom stereocenters. The van der Waals surface area contributed by atoms with Gasteiger partial charge in [0.1, 0.15) is 0 Å². The van der Waals surface area contributed by atoms with Crippen molar-refractivity contribution in [3.8, 4) is 0 Å². The Bertz CT molecular complexity index is 569. The summed E-state index contributed by atoms with van der Waals surface area (Å²) in [6.07, 6.45) is 13.7. The van der Waals surface area contributed by atoms with Crippen LogP contribution in [0, 0.1) is 11.8 Å². The van der Waals surface area contributed by atoms with Gasteiger partial charge in [-0.3, -0.25) is 14.7 Å². The van der Waals surface area contributed by atoms with Crippen molar-refractivity contribution >= 4 is 35.8 Å². The van der Waals surface area contributed by atoms with E-state index < -0.39 is 0 Å². The summed E-state index contributed by atoms with van der Waals surface area (Å²) in [4.78, 5) is 21.9. The van der Waals surface area contributed by atoms with Crippen molar-refractivity contribution in [1.29, 1.82) is 0 Å². The van der Waals surface area contributed by atoms with Gasteiger partial charge in [0.15, 0.2) is 5.96 Å². The lowest BCUT2D eigenvalue weighted by atomic mass is 9.89. The zero-order valence-corrected chi connectivity index (χ0v) is 23.1. The average molecular weight is 562 g/mol. The highest BCUT2D eigenvalue weighted by atomic mass is 127. The molecule has 0 bridgehead atoms. The van der Waals surface area contributed by atoms with Crippen LogP contribution in [-0.2, 0) is 4.79 Å². The summed E-state index contributed by atoms with van der Waals surface area (Å²) in [7, 11) is 1.87. The second kappa shape index (κ2) is 14.6. The molecule has 6 nitrogen and oxygen atoms in total. The zero-order chi connectivity index (χ0) is 22.1. The molecule has 186 valence electrons. The lowest BCUT2D eigenvalue weighted by Crippen LogP contribution is -2.52. The lowest BCUT2D eigenvalue weighted by Gasteiger charge is -2.35. The Hall–Kier alpha value is -0.570. The number of piperidine rings is 1. The number of carbonyl (C=O) groups excluding carboxylic acids is 1. The molecule has 0 aromatic carbocycles. The van der Waals surface area contributed by atoms with Gasteiger partial charge in [-0.25, -0.2) is 0 Å². The van der Waals surface area contributed by atoms with Crippen LogP contribution in [0.5, 0.6) is 0 Å². The molecule has 2 N–H and O–H groups in total. The van der Waals surface area contributed by atoms with Gasteiger partial charge in [0.05, 0.1) is 0 Å². The van der Waals surface area contributed by atoms with Crippen LogP contribution in [0.1, 0.15) is 84.5 Å². The number of aliphatic imine (C=N–C) groups is 1. The summed E-state index contributed by atoms with van der Waals surface area (Å²) < 4.78 is 0. The summed E-state index contributed by atoms with van der Waals surface area (Å²) in [6.45, 7) is 9.51. The van der Waals surface area contributed by atoms with E-state index in [2.05, 4.69) is 39.3 Å². The summed E-state index contributed by atoms with van der Waals surface area (Å²) in [5.41, 5.74) is 0.